The number of aromatic nitrogens is 4. The number of carbonyl (C=O) groups is 1. The van der Waals surface area contributed by atoms with E-state index in [9.17, 15) is 4.79 Å². The lowest BCUT2D eigenvalue weighted by atomic mass is 10.2. The van der Waals surface area contributed by atoms with E-state index >= 15 is 0 Å². The first-order valence-corrected chi connectivity index (χ1v) is 11.0. The number of hydrogen-bond donors (Lipinski definition) is 1. The molecular formula is C23H28N6O3. The van der Waals surface area contributed by atoms with Crippen LogP contribution >= 0.6 is 0 Å². The first-order chi connectivity index (χ1) is 15.7. The van der Waals surface area contributed by atoms with Crippen LogP contribution in [0.3, 0.4) is 0 Å². The zero-order valence-electron chi connectivity index (χ0n) is 18.2. The van der Waals surface area contributed by atoms with Gasteiger partial charge in [-0.25, -0.2) is 0 Å². The molecule has 3 aromatic rings. The molecule has 168 valence electrons. The quantitative estimate of drug-likeness (QED) is 0.462. The van der Waals surface area contributed by atoms with Crippen molar-refractivity contribution < 1.29 is 14.3 Å². The molecule has 1 N–H and O–H groups in total. The third kappa shape index (κ3) is 5.42. The van der Waals surface area contributed by atoms with Crippen LogP contribution in [-0.2, 0) is 11.3 Å². The molecule has 2 aromatic carbocycles. The molecule has 0 atom stereocenters. The third-order valence-corrected chi connectivity index (χ3v) is 5.23. The molecule has 9 nitrogen and oxygen atoms in total. The Morgan fingerprint density at radius 1 is 1.12 bits per heavy atom. The second kappa shape index (κ2) is 10.7. The van der Waals surface area contributed by atoms with E-state index in [2.05, 4.69) is 20.8 Å². The van der Waals surface area contributed by atoms with Crippen LogP contribution < -0.4 is 14.8 Å². The van der Waals surface area contributed by atoms with Gasteiger partial charge in [0, 0.05) is 26.1 Å². The number of rotatable bonds is 11. The van der Waals surface area contributed by atoms with Gasteiger partial charge in [0.25, 0.3) is 0 Å². The van der Waals surface area contributed by atoms with Crippen LogP contribution in [0, 0.1) is 0 Å². The van der Waals surface area contributed by atoms with E-state index in [0.29, 0.717) is 31.1 Å². The summed E-state index contributed by atoms with van der Waals surface area (Å²) in [6.07, 6.45) is 2.62. The highest BCUT2D eigenvalue weighted by molar-refractivity contribution is 5.77. The highest BCUT2D eigenvalue weighted by Gasteiger charge is 2.19. The lowest BCUT2D eigenvalue weighted by Gasteiger charge is -2.15. The Morgan fingerprint density at radius 3 is 2.78 bits per heavy atom. The summed E-state index contributed by atoms with van der Waals surface area (Å²) in [6, 6.07) is 15.7. The Hall–Kier alpha value is -3.46. The van der Waals surface area contributed by atoms with Crippen LogP contribution in [-0.4, -0.2) is 57.3 Å². The molecule has 0 aliphatic carbocycles. The van der Waals surface area contributed by atoms with Gasteiger partial charge in [-0.3, -0.25) is 4.79 Å². The smallest absolute Gasteiger partial charge is 0.346 e. The molecule has 0 radical (unpaired) electrons. The highest BCUT2D eigenvalue weighted by Crippen LogP contribution is 2.32. The zero-order chi connectivity index (χ0) is 22.2. The number of tetrazole rings is 1. The summed E-state index contributed by atoms with van der Waals surface area (Å²) < 4.78 is 13.3. The van der Waals surface area contributed by atoms with Crippen LogP contribution in [0.1, 0.15) is 31.7 Å². The van der Waals surface area contributed by atoms with Gasteiger partial charge in [0.2, 0.25) is 5.91 Å². The van der Waals surface area contributed by atoms with E-state index in [1.54, 1.807) is 0 Å². The van der Waals surface area contributed by atoms with Gasteiger partial charge in [-0.15, -0.1) is 0 Å². The van der Waals surface area contributed by atoms with Crippen LogP contribution in [0.2, 0.25) is 0 Å². The van der Waals surface area contributed by atoms with Gasteiger partial charge in [0.15, 0.2) is 11.5 Å². The zero-order valence-corrected chi connectivity index (χ0v) is 18.2. The summed E-state index contributed by atoms with van der Waals surface area (Å²) in [5, 5.41) is 15.2. The van der Waals surface area contributed by atoms with Crippen molar-refractivity contribution in [3.8, 4) is 23.2 Å². The van der Waals surface area contributed by atoms with Crippen LogP contribution in [0.25, 0.3) is 5.69 Å². The van der Waals surface area contributed by atoms with Crippen molar-refractivity contribution in [3.05, 3.63) is 54.1 Å². The molecular weight excluding hydrogens is 408 g/mol. The predicted molar refractivity (Wildman–Crippen MR) is 119 cm³/mol. The summed E-state index contributed by atoms with van der Waals surface area (Å²) in [7, 11) is 0. The SMILES string of the molecule is CCOc1cc(CNCCCN2CCCC2=O)ccc1Oc1nnnn1-c1ccccc1. The maximum atomic E-state index is 11.7. The molecule has 1 saturated heterocycles. The van der Waals surface area contributed by atoms with Crippen molar-refractivity contribution in [2.75, 3.05) is 26.2 Å². The molecule has 0 unspecified atom stereocenters. The van der Waals surface area contributed by atoms with E-state index < -0.39 is 0 Å². The standard InChI is InChI=1S/C23H28N6O3/c1-2-31-21-16-18(17-24-13-7-15-28-14-6-10-22(28)30)11-12-20(21)32-23-25-26-27-29(23)19-8-4-3-5-9-19/h3-5,8-9,11-12,16,24H,2,6-7,10,13-15,17H2,1H3. The second-order valence-electron chi connectivity index (χ2n) is 7.54. The van der Waals surface area contributed by atoms with Gasteiger partial charge in [-0.05, 0) is 66.6 Å². The summed E-state index contributed by atoms with van der Waals surface area (Å²) in [5.41, 5.74) is 1.89. The molecule has 2 heterocycles. The summed E-state index contributed by atoms with van der Waals surface area (Å²) in [4.78, 5) is 13.6. The molecule has 0 bridgehead atoms. The van der Waals surface area contributed by atoms with Gasteiger partial charge >= 0.3 is 6.01 Å². The van der Waals surface area contributed by atoms with Gasteiger partial charge in [-0.2, -0.15) is 4.68 Å². The van der Waals surface area contributed by atoms with Crippen LogP contribution in [0.5, 0.6) is 17.5 Å². The molecule has 1 aliphatic heterocycles. The summed E-state index contributed by atoms with van der Waals surface area (Å²) >= 11 is 0. The number of ether oxygens (including phenoxy) is 2. The van der Waals surface area contributed by atoms with E-state index in [1.165, 1.54) is 4.68 Å². The number of hydrogen-bond acceptors (Lipinski definition) is 7. The van der Waals surface area contributed by atoms with Crippen molar-refractivity contribution in [3.63, 3.8) is 0 Å². The van der Waals surface area contributed by atoms with Crippen molar-refractivity contribution in [1.29, 1.82) is 0 Å². The van der Waals surface area contributed by atoms with Crippen LogP contribution in [0.4, 0.5) is 0 Å². The van der Waals surface area contributed by atoms with E-state index in [-0.39, 0.29) is 11.9 Å². The molecule has 0 saturated carbocycles. The average Bonchev–Trinajstić information content (AvgIpc) is 3.45. The maximum Gasteiger partial charge on any atom is 0.346 e. The first-order valence-electron chi connectivity index (χ1n) is 11.0. The van der Waals surface area contributed by atoms with E-state index in [0.717, 1.165) is 43.7 Å². The summed E-state index contributed by atoms with van der Waals surface area (Å²) in [6.45, 7) is 5.71. The topological polar surface area (TPSA) is 94.4 Å². The fourth-order valence-corrected chi connectivity index (χ4v) is 3.66. The van der Waals surface area contributed by atoms with Crippen molar-refractivity contribution in [2.24, 2.45) is 0 Å². The van der Waals surface area contributed by atoms with Crippen molar-refractivity contribution in [1.82, 2.24) is 30.4 Å². The minimum Gasteiger partial charge on any atom is -0.490 e. The number of para-hydroxylation sites is 1. The molecule has 0 spiro atoms. The average molecular weight is 437 g/mol. The van der Waals surface area contributed by atoms with E-state index in [4.69, 9.17) is 9.47 Å². The molecule has 32 heavy (non-hydrogen) atoms. The van der Waals surface area contributed by atoms with Gasteiger partial charge in [0.05, 0.1) is 12.3 Å². The van der Waals surface area contributed by atoms with E-state index in [1.807, 2.05) is 60.4 Å². The minimum atomic E-state index is 0.263. The van der Waals surface area contributed by atoms with Gasteiger partial charge < -0.3 is 19.7 Å². The number of benzene rings is 2. The number of amides is 1. The van der Waals surface area contributed by atoms with Gasteiger partial charge in [-0.1, -0.05) is 29.4 Å². The molecule has 4 rings (SSSR count). The Morgan fingerprint density at radius 2 is 2.00 bits per heavy atom. The Bertz CT molecular complexity index is 1020. The molecule has 1 aliphatic rings. The maximum absolute atomic E-state index is 11.7. The Balaban J connectivity index is 1.36. The number of nitrogens with one attached hydrogen (secondary N) is 1. The largest absolute Gasteiger partial charge is 0.490 e. The predicted octanol–water partition coefficient (Wildman–Crippen LogP) is 2.96. The fourth-order valence-electron chi connectivity index (χ4n) is 3.66. The highest BCUT2D eigenvalue weighted by atomic mass is 16.5. The monoisotopic (exact) mass is 436 g/mol. The lowest BCUT2D eigenvalue weighted by molar-refractivity contribution is -0.127. The normalized spacial score (nSPS) is 13.5. The van der Waals surface area contributed by atoms with Crippen LogP contribution in [0.15, 0.2) is 48.5 Å². The third-order valence-electron chi connectivity index (χ3n) is 5.23. The Labute approximate surface area is 187 Å². The molecule has 1 fully saturated rings. The van der Waals surface area contributed by atoms with Gasteiger partial charge in [0.1, 0.15) is 0 Å². The second-order valence-corrected chi connectivity index (χ2v) is 7.54. The number of carbonyl (C=O) groups excluding carboxylic acids is 1. The summed E-state index contributed by atoms with van der Waals surface area (Å²) in [5.74, 6) is 1.47. The number of likely N-dealkylation sites (tertiary alicyclic amines) is 1. The first kappa shape index (κ1) is 21.8. The fraction of sp³-hybridized carbons (Fsp3) is 0.391. The Kier molecular flexibility index (Phi) is 7.29. The minimum absolute atomic E-state index is 0.263. The molecule has 1 aromatic heterocycles. The number of nitrogens with zero attached hydrogens (tertiary/aromatic N) is 5. The van der Waals surface area contributed by atoms with Crippen molar-refractivity contribution in [2.45, 2.75) is 32.7 Å². The molecule has 9 heteroatoms. The molecule has 1 amide bonds. The van der Waals surface area contributed by atoms with Crippen molar-refractivity contribution >= 4 is 5.91 Å². The lowest BCUT2D eigenvalue weighted by Crippen LogP contribution is -2.28.